The first-order valence-electron chi connectivity index (χ1n) is 5.86. The van der Waals surface area contributed by atoms with E-state index in [1.165, 1.54) is 4.90 Å². The van der Waals surface area contributed by atoms with Crippen LogP contribution < -0.4 is 10.0 Å². The van der Waals surface area contributed by atoms with Crippen LogP contribution in [0.4, 0.5) is 4.79 Å². The molecule has 1 aromatic carbocycles. The van der Waals surface area contributed by atoms with E-state index in [9.17, 15) is 13.2 Å². The summed E-state index contributed by atoms with van der Waals surface area (Å²) < 4.78 is 23.9. The molecule has 0 heterocycles. The highest BCUT2D eigenvalue weighted by molar-refractivity contribution is 7.88. The average Bonchev–Trinajstić information content (AvgIpc) is 2.34. The number of hydrogen-bond donors (Lipinski definition) is 2. The molecule has 0 aliphatic rings. The highest BCUT2D eigenvalue weighted by Gasteiger charge is 2.08. The number of carbonyl (C=O) groups is 1. The van der Waals surface area contributed by atoms with Gasteiger partial charge in [-0.05, 0) is 5.56 Å². The molecule has 0 fully saturated rings. The van der Waals surface area contributed by atoms with Crippen molar-refractivity contribution in [1.82, 2.24) is 14.9 Å². The molecule has 0 unspecified atom stereocenters. The molecule has 1 aromatic rings. The zero-order valence-corrected chi connectivity index (χ0v) is 11.9. The Labute approximate surface area is 113 Å². The SMILES string of the molecule is CN(Cc1ccccc1)C(=O)NCCNS(C)(=O)=O. The summed E-state index contributed by atoms with van der Waals surface area (Å²) >= 11 is 0. The molecule has 0 spiro atoms. The number of amides is 2. The van der Waals surface area contributed by atoms with Gasteiger partial charge >= 0.3 is 6.03 Å². The van der Waals surface area contributed by atoms with Gasteiger partial charge in [0.25, 0.3) is 0 Å². The minimum Gasteiger partial charge on any atom is -0.337 e. The quantitative estimate of drug-likeness (QED) is 0.742. The second-order valence-electron chi connectivity index (χ2n) is 4.24. The van der Waals surface area contributed by atoms with Gasteiger partial charge in [-0.25, -0.2) is 17.9 Å². The Morgan fingerprint density at radius 2 is 1.84 bits per heavy atom. The maximum Gasteiger partial charge on any atom is 0.317 e. The minimum absolute atomic E-state index is 0.184. The van der Waals surface area contributed by atoms with Gasteiger partial charge in [0.05, 0.1) is 6.26 Å². The van der Waals surface area contributed by atoms with E-state index in [1.807, 2.05) is 30.3 Å². The van der Waals surface area contributed by atoms with Crippen LogP contribution in [-0.2, 0) is 16.6 Å². The lowest BCUT2D eigenvalue weighted by Crippen LogP contribution is -2.40. The fourth-order valence-electron chi connectivity index (χ4n) is 1.47. The van der Waals surface area contributed by atoms with E-state index in [4.69, 9.17) is 0 Å². The number of sulfonamides is 1. The van der Waals surface area contributed by atoms with Crippen molar-refractivity contribution < 1.29 is 13.2 Å². The Balaban J connectivity index is 2.29. The van der Waals surface area contributed by atoms with Gasteiger partial charge < -0.3 is 10.2 Å². The van der Waals surface area contributed by atoms with Crippen LogP contribution in [-0.4, -0.2) is 45.7 Å². The first-order valence-corrected chi connectivity index (χ1v) is 7.75. The van der Waals surface area contributed by atoms with E-state index in [0.29, 0.717) is 6.54 Å². The van der Waals surface area contributed by atoms with E-state index in [0.717, 1.165) is 11.8 Å². The van der Waals surface area contributed by atoms with Gasteiger partial charge in [0.1, 0.15) is 0 Å². The predicted octanol–water partition coefficient (Wildman–Crippen LogP) is 0.377. The third kappa shape index (κ3) is 6.78. The van der Waals surface area contributed by atoms with Crippen molar-refractivity contribution in [2.75, 3.05) is 26.4 Å². The number of nitrogens with one attached hydrogen (secondary N) is 2. The van der Waals surface area contributed by atoms with Crippen molar-refractivity contribution in [1.29, 1.82) is 0 Å². The topological polar surface area (TPSA) is 78.5 Å². The van der Waals surface area contributed by atoms with Crippen molar-refractivity contribution in [3.8, 4) is 0 Å². The van der Waals surface area contributed by atoms with Crippen molar-refractivity contribution in [2.24, 2.45) is 0 Å². The summed E-state index contributed by atoms with van der Waals surface area (Å²) in [5.74, 6) is 0. The summed E-state index contributed by atoms with van der Waals surface area (Å²) in [6.45, 7) is 0.945. The predicted molar refractivity (Wildman–Crippen MR) is 74.2 cm³/mol. The molecule has 0 bridgehead atoms. The van der Waals surface area contributed by atoms with Crippen molar-refractivity contribution >= 4 is 16.1 Å². The monoisotopic (exact) mass is 285 g/mol. The summed E-state index contributed by atoms with van der Waals surface area (Å²) in [7, 11) is -1.52. The number of rotatable bonds is 6. The zero-order chi connectivity index (χ0) is 14.3. The number of nitrogens with zero attached hydrogens (tertiary/aromatic N) is 1. The molecule has 6 nitrogen and oxygen atoms in total. The molecule has 2 amide bonds. The molecule has 2 N–H and O–H groups in total. The van der Waals surface area contributed by atoms with Gasteiger partial charge in [-0.1, -0.05) is 30.3 Å². The first kappa shape index (κ1) is 15.5. The van der Waals surface area contributed by atoms with Crippen LogP contribution in [0.5, 0.6) is 0 Å². The molecular weight excluding hydrogens is 266 g/mol. The van der Waals surface area contributed by atoms with Gasteiger partial charge in [0.2, 0.25) is 10.0 Å². The van der Waals surface area contributed by atoms with E-state index in [-0.39, 0.29) is 19.1 Å². The van der Waals surface area contributed by atoms with Gasteiger partial charge in [-0.3, -0.25) is 0 Å². The molecule has 1 rings (SSSR count). The molecule has 0 aliphatic carbocycles. The summed E-state index contributed by atoms with van der Waals surface area (Å²) in [6.07, 6.45) is 1.08. The van der Waals surface area contributed by atoms with E-state index >= 15 is 0 Å². The zero-order valence-electron chi connectivity index (χ0n) is 11.1. The summed E-state index contributed by atoms with van der Waals surface area (Å²) in [5, 5.41) is 2.64. The molecule has 0 saturated heterocycles. The highest BCUT2D eigenvalue weighted by Crippen LogP contribution is 2.02. The maximum absolute atomic E-state index is 11.7. The number of carbonyl (C=O) groups excluding carboxylic acids is 1. The smallest absolute Gasteiger partial charge is 0.317 e. The Morgan fingerprint density at radius 1 is 1.21 bits per heavy atom. The van der Waals surface area contributed by atoms with Gasteiger partial charge in [-0.2, -0.15) is 0 Å². The molecule has 0 aromatic heterocycles. The first-order chi connectivity index (χ1) is 8.88. The fraction of sp³-hybridized carbons (Fsp3) is 0.417. The van der Waals surface area contributed by atoms with E-state index < -0.39 is 10.0 Å². The normalized spacial score (nSPS) is 11.1. The third-order valence-corrected chi connectivity index (χ3v) is 3.10. The standard InChI is InChI=1S/C12H19N3O3S/c1-15(10-11-6-4-3-5-7-11)12(16)13-8-9-14-19(2,17)18/h3-7,14H,8-10H2,1-2H3,(H,13,16). The second kappa shape index (κ2) is 7.10. The Kier molecular flexibility index (Phi) is 5.78. The lowest BCUT2D eigenvalue weighted by atomic mass is 10.2. The number of hydrogen-bond acceptors (Lipinski definition) is 3. The van der Waals surface area contributed by atoms with E-state index in [1.54, 1.807) is 7.05 Å². The maximum atomic E-state index is 11.7. The molecule has 106 valence electrons. The lowest BCUT2D eigenvalue weighted by molar-refractivity contribution is 0.207. The molecule has 0 atom stereocenters. The Bertz CT molecular complexity index is 502. The lowest BCUT2D eigenvalue weighted by Gasteiger charge is -2.18. The molecule has 0 radical (unpaired) electrons. The van der Waals surface area contributed by atoms with Crippen LogP contribution in [0, 0.1) is 0 Å². The van der Waals surface area contributed by atoms with Gasteiger partial charge in [-0.15, -0.1) is 0 Å². The van der Waals surface area contributed by atoms with Gasteiger partial charge in [0, 0.05) is 26.7 Å². The summed E-state index contributed by atoms with van der Waals surface area (Å²) in [4.78, 5) is 13.2. The highest BCUT2D eigenvalue weighted by atomic mass is 32.2. The fourth-order valence-corrected chi connectivity index (χ4v) is 1.94. The van der Waals surface area contributed by atoms with Crippen molar-refractivity contribution in [3.05, 3.63) is 35.9 Å². The third-order valence-electron chi connectivity index (χ3n) is 2.37. The van der Waals surface area contributed by atoms with Crippen molar-refractivity contribution in [3.63, 3.8) is 0 Å². The molecule has 0 aliphatic heterocycles. The Hall–Kier alpha value is -1.60. The average molecular weight is 285 g/mol. The van der Waals surface area contributed by atoms with Crippen LogP contribution >= 0.6 is 0 Å². The van der Waals surface area contributed by atoms with Gasteiger partial charge in [0.15, 0.2) is 0 Å². The molecule has 7 heteroatoms. The molecule has 0 saturated carbocycles. The largest absolute Gasteiger partial charge is 0.337 e. The molecule has 19 heavy (non-hydrogen) atoms. The molecular formula is C12H19N3O3S. The minimum atomic E-state index is -3.21. The number of benzene rings is 1. The summed E-state index contributed by atoms with van der Waals surface area (Å²) in [5.41, 5.74) is 1.04. The summed E-state index contributed by atoms with van der Waals surface area (Å²) in [6, 6.07) is 9.39. The Morgan fingerprint density at radius 3 is 2.42 bits per heavy atom. The van der Waals surface area contributed by atoms with E-state index in [2.05, 4.69) is 10.0 Å². The number of urea groups is 1. The van der Waals surface area contributed by atoms with Crippen LogP contribution in [0.1, 0.15) is 5.56 Å². The van der Waals surface area contributed by atoms with Crippen LogP contribution in [0.25, 0.3) is 0 Å². The van der Waals surface area contributed by atoms with Crippen LogP contribution in [0.3, 0.4) is 0 Å². The van der Waals surface area contributed by atoms with Crippen LogP contribution in [0.15, 0.2) is 30.3 Å². The van der Waals surface area contributed by atoms with Crippen LogP contribution in [0.2, 0.25) is 0 Å². The van der Waals surface area contributed by atoms with Crippen molar-refractivity contribution in [2.45, 2.75) is 6.54 Å². The second-order valence-corrected chi connectivity index (χ2v) is 6.07.